The summed E-state index contributed by atoms with van der Waals surface area (Å²) in [5, 5.41) is 17.3. The average molecular weight is 241 g/mol. The second-order valence-corrected chi connectivity index (χ2v) is 3.28. The van der Waals surface area contributed by atoms with Crippen LogP contribution in [0.3, 0.4) is 0 Å². The van der Waals surface area contributed by atoms with E-state index in [2.05, 4.69) is 0 Å². The van der Waals surface area contributed by atoms with Crippen molar-refractivity contribution in [3.05, 3.63) is 29.6 Å². The summed E-state index contributed by atoms with van der Waals surface area (Å²) in [6, 6.07) is 4.24. The fourth-order valence-corrected chi connectivity index (χ4v) is 1.43. The Balaban J connectivity index is 3.05. The molecule has 0 aliphatic rings. The van der Waals surface area contributed by atoms with E-state index in [9.17, 15) is 9.50 Å². The Morgan fingerprint density at radius 3 is 2.71 bits per heavy atom. The number of benzene rings is 1. The van der Waals surface area contributed by atoms with Crippen molar-refractivity contribution in [2.45, 2.75) is 20.0 Å². The van der Waals surface area contributed by atoms with Gasteiger partial charge in [-0.1, -0.05) is 6.07 Å². The molecule has 1 aromatic rings. The van der Waals surface area contributed by atoms with Crippen LogP contribution in [-0.2, 0) is 4.74 Å². The molecule has 0 bridgehead atoms. The minimum Gasteiger partial charge on any atom is -0.493 e. The van der Waals surface area contributed by atoms with Crippen molar-refractivity contribution in [1.82, 2.24) is 0 Å². The topological polar surface area (TPSA) is 62.5 Å². The molecule has 1 rings (SSSR count). The van der Waals surface area contributed by atoms with Gasteiger partial charge in [-0.3, -0.25) is 5.41 Å². The van der Waals surface area contributed by atoms with Crippen LogP contribution >= 0.6 is 0 Å². The first-order valence-corrected chi connectivity index (χ1v) is 5.42. The maximum atomic E-state index is 13.6. The second kappa shape index (κ2) is 6.20. The van der Waals surface area contributed by atoms with Crippen molar-refractivity contribution >= 4 is 5.90 Å². The maximum Gasteiger partial charge on any atom is 0.215 e. The second-order valence-electron chi connectivity index (χ2n) is 3.28. The molecule has 4 nitrogen and oxygen atoms in total. The third-order valence-electron chi connectivity index (χ3n) is 2.13. The molecule has 1 atom stereocenters. The number of hydrogen-bond acceptors (Lipinski definition) is 4. The zero-order chi connectivity index (χ0) is 12.8. The SMILES string of the molecule is CCOC(=N)[C@H](O)c1c(F)cccc1OCC. The predicted molar refractivity (Wildman–Crippen MR) is 61.9 cm³/mol. The standard InChI is InChI=1S/C12H16FNO3/c1-3-16-9-7-5-6-8(13)10(9)11(15)12(14)17-4-2/h5-7,11,14-15H,3-4H2,1-2H3/t11-/m1/s1. The van der Waals surface area contributed by atoms with Crippen molar-refractivity contribution in [1.29, 1.82) is 5.41 Å². The highest BCUT2D eigenvalue weighted by Gasteiger charge is 2.23. The third-order valence-corrected chi connectivity index (χ3v) is 2.13. The Kier molecular flexibility index (Phi) is 4.90. The van der Waals surface area contributed by atoms with E-state index in [0.29, 0.717) is 6.61 Å². The van der Waals surface area contributed by atoms with Crippen LogP contribution in [0.5, 0.6) is 5.75 Å². The summed E-state index contributed by atoms with van der Waals surface area (Å²) in [5.41, 5.74) is -0.0622. The van der Waals surface area contributed by atoms with Gasteiger partial charge in [-0.2, -0.15) is 0 Å². The molecule has 0 spiro atoms. The molecule has 5 heteroatoms. The van der Waals surface area contributed by atoms with Gasteiger partial charge in [-0.25, -0.2) is 4.39 Å². The van der Waals surface area contributed by atoms with E-state index in [1.54, 1.807) is 19.9 Å². The van der Waals surface area contributed by atoms with Crippen LogP contribution in [0.4, 0.5) is 4.39 Å². The molecular weight excluding hydrogens is 225 g/mol. The molecule has 0 saturated carbocycles. The van der Waals surface area contributed by atoms with Gasteiger partial charge >= 0.3 is 0 Å². The number of aliphatic hydroxyl groups is 1. The molecule has 0 unspecified atom stereocenters. The monoisotopic (exact) mass is 241 g/mol. The highest BCUT2D eigenvalue weighted by atomic mass is 19.1. The van der Waals surface area contributed by atoms with Crippen LogP contribution in [0, 0.1) is 11.2 Å². The molecule has 1 aromatic carbocycles. The Hall–Kier alpha value is -1.62. The lowest BCUT2D eigenvalue weighted by Gasteiger charge is -2.17. The summed E-state index contributed by atoms with van der Waals surface area (Å²) in [5.74, 6) is -0.782. The van der Waals surface area contributed by atoms with Crippen molar-refractivity contribution in [3.63, 3.8) is 0 Å². The molecule has 2 N–H and O–H groups in total. The van der Waals surface area contributed by atoms with E-state index in [1.165, 1.54) is 12.1 Å². The number of nitrogens with one attached hydrogen (secondary N) is 1. The fourth-order valence-electron chi connectivity index (χ4n) is 1.43. The van der Waals surface area contributed by atoms with Gasteiger partial charge in [-0.15, -0.1) is 0 Å². The van der Waals surface area contributed by atoms with Crippen molar-refractivity contribution in [3.8, 4) is 5.75 Å². The lowest BCUT2D eigenvalue weighted by Crippen LogP contribution is -2.17. The lowest BCUT2D eigenvalue weighted by atomic mass is 10.1. The molecule has 0 amide bonds. The number of halogens is 1. The minimum absolute atomic E-state index is 0.0622. The molecular formula is C12H16FNO3. The molecule has 0 heterocycles. The quantitative estimate of drug-likeness (QED) is 0.614. The van der Waals surface area contributed by atoms with Gasteiger partial charge in [0.2, 0.25) is 5.90 Å². The van der Waals surface area contributed by atoms with Gasteiger partial charge in [0.15, 0.2) is 6.10 Å². The largest absolute Gasteiger partial charge is 0.493 e. The summed E-state index contributed by atoms with van der Waals surface area (Å²) in [7, 11) is 0. The van der Waals surface area contributed by atoms with Crippen LogP contribution in [-0.4, -0.2) is 24.2 Å². The molecule has 0 aliphatic heterocycles. The van der Waals surface area contributed by atoms with E-state index in [1.807, 2.05) is 0 Å². The Morgan fingerprint density at radius 2 is 2.12 bits per heavy atom. The number of rotatable bonds is 5. The normalized spacial score (nSPS) is 12.0. The Labute approximate surface area is 99.5 Å². The maximum absolute atomic E-state index is 13.6. The first kappa shape index (κ1) is 13.4. The average Bonchev–Trinajstić information content (AvgIpc) is 2.29. The van der Waals surface area contributed by atoms with E-state index in [0.717, 1.165) is 0 Å². The first-order valence-electron chi connectivity index (χ1n) is 5.42. The Bertz CT molecular complexity index is 395. The number of hydrogen-bond donors (Lipinski definition) is 2. The summed E-state index contributed by atoms with van der Waals surface area (Å²) in [6.45, 7) is 4.04. The summed E-state index contributed by atoms with van der Waals surface area (Å²) >= 11 is 0. The van der Waals surface area contributed by atoms with E-state index in [-0.39, 0.29) is 17.9 Å². The van der Waals surface area contributed by atoms with Crippen molar-refractivity contribution in [2.24, 2.45) is 0 Å². The molecule has 17 heavy (non-hydrogen) atoms. The van der Waals surface area contributed by atoms with Crippen LogP contribution < -0.4 is 4.74 Å². The zero-order valence-corrected chi connectivity index (χ0v) is 9.87. The van der Waals surface area contributed by atoms with Crippen molar-refractivity contribution in [2.75, 3.05) is 13.2 Å². The lowest BCUT2D eigenvalue weighted by molar-refractivity contribution is 0.181. The van der Waals surface area contributed by atoms with Gasteiger partial charge in [0.1, 0.15) is 11.6 Å². The van der Waals surface area contributed by atoms with Gasteiger partial charge in [0.25, 0.3) is 0 Å². The summed E-state index contributed by atoms with van der Waals surface area (Å²) in [6.07, 6.45) is -1.45. The smallest absolute Gasteiger partial charge is 0.215 e. The predicted octanol–water partition coefficient (Wildman–Crippen LogP) is 2.27. The summed E-state index contributed by atoms with van der Waals surface area (Å²) < 4.78 is 23.7. The van der Waals surface area contributed by atoms with Crippen LogP contribution in [0.15, 0.2) is 18.2 Å². The van der Waals surface area contributed by atoms with Crippen molar-refractivity contribution < 1.29 is 19.0 Å². The van der Waals surface area contributed by atoms with Gasteiger partial charge in [0, 0.05) is 0 Å². The van der Waals surface area contributed by atoms with E-state index < -0.39 is 17.8 Å². The van der Waals surface area contributed by atoms with E-state index in [4.69, 9.17) is 14.9 Å². The number of ether oxygens (including phenoxy) is 2. The van der Waals surface area contributed by atoms with Gasteiger partial charge in [0.05, 0.1) is 18.8 Å². The molecule has 94 valence electrons. The highest BCUT2D eigenvalue weighted by Crippen LogP contribution is 2.28. The highest BCUT2D eigenvalue weighted by molar-refractivity contribution is 5.80. The summed E-state index contributed by atoms with van der Waals surface area (Å²) in [4.78, 5) is 0. The van der Waals surface area contributed by atoms with Gasteiger partial charge in [-0.05, 0) is 26.0 Å². The fraction of sp³-hybridized carbons (Fsp3) is 0.417. The van der Waals surface area contributed by atoms with Crippen LogP contribution in [0.25, 0.3) is 0 Å². The van der Waals surface area contributed by atoms with E-state index >= 15 is 0 Å². The minimum atomic E-state index is -1.45. The molecule has 0 saturated heterocycles. The first-order chi connectivity index (χ1) is 8.11. The molecule has 0 fully saturated rings. The van der Waals surface area contributed by atoms with Gasteiger partial charge < -0.3 is 14.6 Å². The third kappa shape index (κ3) is 3.17. The molecule has 0 aliphatic carbocycles. The number of aliphatic hydroxyl groups excluding tert-OH is 1. The van der Waals surface area contributed by atoms with Crippen LogP contribution in [0.2, 0.25) is 0 Å². The van der Waals surface area contributed by atoms with Crippen LogP contribution in [0.1, 0.15) is 25.5 Å². The zero-order valence-electron chi connectivity index (χ0n) is 9.87. The Morgan fingerprint density at radius 1 is 1.41 bits per heavy atom. The molecule has 0 aromatic heterocycles. The molecule has 0 radical (unpaired) electrons.